The van der Waals surface area contributed by atoms with Gasteiger partial charge in [0.2, 0.25) is 0 Å². The van der Waals surface area contributed by atoms with Gasteiger partial charge in [-0.15, -0.1) is 0 Å². The summed E-state index contributed by atoms with van der Waals surface area (Å²) in [7, 11) is -3.91. The zero-order chi connectivity index (χ0) is 13.0. The van der Waals surface area contributed by atoms with Crippen molar-refractivity contribution in [3.63, 3.8) is 0 Å². The highest BCUT2D eigenvalue weighted by molar-refractivity contribution is 7.90. The fourth-order valence-corrected chi connectivity index (χ4v) is 2.24. The molecule has 4 nitrogen and oxygen atoms in total. The molecule has 2 aromatic carbocycles. The molecule has 2 aromatic rings. The van der Waals surface area contributed by atoms with Crippen molar-refractivity contribution in [2.75, 3.05) is 0 Å². The number of carbonyl (C=O) groups excluding carboxylic acids is 1. The lowest BCUT2D eigenvalue weighted by molar-refractivity contribution is 0.563. The predicted molar refractivity (Wildman–Crippen MR) is 67.2 cm³/mol. The maximum Gasteiger partial charge on any atom is 0.292 e. The first-order valence-corrected chi connectivity index (χ1v) is 6.57. The van der Waals surface area contributed by atoms with E-state index in [1.165, 1.54) is 12.1 Å². The summed E-state index contributed by atoms with van der Waals surface area (Å²) in [5.41, 5.74) is 1.88. The third-order valence-corrected chi connectivity index (χ3v) is 3.60. The van der Waals surface area contributed by atoms with Crippen molar-refractivity contribution < 1.29 is 13.2 Å². The summed E-state index contributed by atoms with van der Waals surface area (Å²) in [6.07, 6.45) is 1.04. The van der Waals surface area contributed by atoms with Crippen LogP contribution in [-0.4, -0.2) is 14.5 Å². The molecule has 0 aliphatic heterocycles. The highest BCUT2D eigenvalue weighted by Gasteiger charge is 2.11. The van der Waals surface area contributed by atoms with E-state index in [2.05, 4.69) is 4.40 Å². The van der Waals surface area contributed by atoms with Crippen molar-refractivity contribution in [3.8, 4) is 11.1 Å². The molecule has 0 saturated carbocycles. The van der Waals surface area contributed by atoms with Gasteiger partial charge in [0.05, 0.1) is 4.90 Å². The first kappa shape index (κ1) is 12.2. The van der Waals surface area contributed by atoms with Gasteiger partial charge in [0.15, 0.2) is 0 Å². The van der Waals surface area contributed by atoms with E-state index in [1.54, 1.807) is 12.1 Å². The van der Waals surface area contributed by atoms with Crippen LogP contribution < -0.4 is 0 Å². The standard InChI is InChI=1S/C13H9NO3S/c15-10-14-18(16,17)13-8-6-12(7-9-13)11-4-2-1-3-5-11/h1-9H. The van der Waals surface area contributed by atoms with E-state index >= 15 is 0 Å². The van der Waals surface area contributed by atoms with E-state index in [1.807, 2.05) is 30.3 Å². The molecule has 2 rings (SSSR count). The van der Waals surface area contributed by atoms with Gasteiger partial charge < -0.3 is 0 Å². The molecule has 0 fully saturated rings. The van der Waals surface area contributed by atoms with E-state index in [0.717, 1.165) is 17.2 Å². The Kier molecular flexibility index (Phi) is 3.37. The molecule has 0 heterocycles. The molecule has 0 aromatic heterocycles. The highest BCUT2D eigenvalue weighted by Crippen LogP contribution is 2.21. The molecule has 90 valence electrons. The Morgan fingerprint density at radius 1 is 0.833 bits per heavy atom. The fraction of sp³-hybridized carbons (Fsp3) is 0. The third-order valence-electron chi connectivity index (χ3n) is 2.42. The van der Waals surface area contributed by atoms with Crippen molar-refractivity contribution in [2.45, 2.75) is 4.90 Å². The predicted octanol–water partition coefficient (Wildman–Crippen LogP) is 2.38. The molecule has 18 heavy (non-hydrogen) atoms. The van der Waals surface area contributed by atoms with Gasteiger partial charge in [0, 0.05) is 0 Å². The lowest BCUT2D eigenvalue weighted by Gasteiger charge is -2.02. The van der Waals surface area contributed by atoms with Crippen molar-refractivity contribution in [1.82, 2.24) is 0 Å². The van der Waals surface area contributed by atoms with Crippen LogP contribution in [0.15, 0.2) is 63.9 Å². The van der Waals surface area contributed by atoms with E-state index in [4.69, 9.17) is 0 Å². The lowest BCUT2D eigenvalue weighted by atomic mass is 10.1. The number of hydrogen-bond acceptors (Lipinski definition) is 3. The number of nitrogens with zero attached hydrogens (tertiary/aromatic N) is 1. The van der Waals surface area contributed by atoms with Crippen molar-refractivity contribution in [2.24, 2.45) is 4.40 Å². The molecule has 0 aliphatic carbocycles. The minimum Gasteiger partial charge on any atom is -0.210 e. The summed E-state index contributed by atoms with van der Waals surface area (Å²) in [6, 6.07) is 15.7. The second-order valence-electron chi connectivity index (χ2n) is 3.55. The van der Waals surface area contributed by atoms with Crippen molar-refractivity contribution >= 4 is 16.1 Å². The molecule has 0 aliphatic rings. The maximum atomic E-state index is 11.5. The SMILES string of the molecule is O=C=NS(=O)(=O)c1ccc(-c2ccccc2)cc1. The van der Waals surface area contributed by atoms with E-state index < -0.39 is 10.0 Å². The van der Waals surface area contributed by atoms with Crippen LogP contribution in [0.5, 0.6) is 0 Å². The fourth-order valence-electron chi connectivity index (χ4n) is 1.55. The van der Waals surface area contributed by atoms with Gasteiger partial charge in [-0.25, -0.2) is 4.79 Å². The summed E-state index contributed by atoms with van der Waals surface area (Å²) in [5, 5.41) is 0. The average Bonchev–Trinajstić information content (AvgIpc) is 2.40. The Labute approximate surface area is 105 Å². The monoisotopic (exact) mass is 259 g/mol. The van der Waals surface area contributed by atoms with Crippen LogP contribution in [0.2, 0.25) is 0 Å². The van der Waals surface area contributed by atoms with Gasteiger partial charge in [0.25, 0.3) is 16.1 Å². The Hall–Kier alpha value is -2.23. The minimum absolute atomic E-state index is 0.0227. The van der Waals surface area contributed by atoms with E-state index in [0.29, 0.717) is 0 Å². The Bertz CT molecular complexity index is 685. The molecule has 0 spiro atoms. The van der Waals surface area contributed by atoms with Gasteiger partial charge in [-0.05, 0) is 23.3 Å². The molecule has 5 heteroatoms. The minimum atomic E-state index is -3.91. The van der Waals surface area contributed by atoms with Gasteiger partial charge in [-0.2, -0.15) is 8.42 Å². The first-order valence-electron chi connectivity index (χ1n) is 5.13. The second kappa shape index (κ2) is 4.96. The zero-order valence-corrected chi connectivity index (χ0v) is 10.1. The second-order valence-corrected chi connectivity index (χ2v) is 5.15. The van der Waals surface area contributed by atoms with Crippen LogP contribution in [0.25, 0.3) is 11.1 Å². The summed E-state index contributed by atoms with van der Waals surface area (Å²) in [4.78, 5) is 9.99. The topological polar surface area (TPSA) is 63.6 Å². The first-order chi connectivity index (χ1) is 8.63. The van der Waals surface area contributed by atoms with Crippen LogP contribution in [0.1, 0.15) is 0 Å². The van der Waals surface area contributed by atoms with Crippen molar-refractivity contribution in [3.05, 3.63) is 54.6 Å². The Morgan fingerprint density at radius 2 is 1.39 bits per heavy atom. The highest BCUT2D eigenvalue weighted by atomic mass is 32.2. The number of rotatable bonds is 3. The molecule has 0 radical (unpaired) electrons. The van der Waals surface area contributed by atoms with Crippen LogP contribution in [0.3, 0.4) is 0 Å². The van der Waals surface area contributed by atoms with Crippen LogP contribution in [0, 0.1) is 0 Å². The summed E-state index contributed by atoms with van der Waals surface area (Å²) >= 11 is 0. The normalized spacial score (nSPS) is 10.7. The smallest absolute Gasteiger partial charge is 0.210 e. The molecule has 0 amide bonds. The number of isocyanates is 1. The van der Waals surface area contributed by atoms with E-state index in [9.17, 15) is 13.2 Å². The molecular formula is C13H9NO3S. The molecule has 0 N–H and O–H groups in total. The summed E-state index contributed by atoms with van der Waals surface area (Å²) in [6.45, 7) is 0. The molecule has 0 unspecified atom stereocenters. The maximum absolute atomic E-state index is 11.5. The quantitative estimate of drug-likeness (QED) is 0.628. The zero-order valence-electron chi connectivity index (χ0n) is 9.28. The number of benzene rings is 2. The lowest BCUT2D eigenvalue weighted by Crippen LogP contribution is -1.95. The summed E-state index contributed by atoms with van der Waals surface area (Å²) in [5.74, 6) is 0. The summed E-state index contributed by atoms with van der Waals surface area (Å²) < 4.78 is 25.7. The third kappa shape index (κ3) is 2.53. The van der Waals surface area contributed by atoms with Crippen molar-refractivity contribution in [1.29, 1.82) is 0 Å². The van der Waals surface area contributed by atoms with Crippen LogP contribution >= 0.6 is 0 Å². The molecule has 0 saturated heterocycles. The van der Waals surface area contributed by atoms with Gasteiger partial charge in [-0.1, -0.05) is 46.9 Å². The largest absolute Gasteiger partial charge is 0.292 e. The Morgan fingerprint density at radius 3 is 1.94 bits per heavy atom. The molecule has 0 bridgehead atoms. The Balaban J connectivity index is 2.41. The van der Waals surface area contributed by atoms with Gasteiger partial charge in [0.1, 0.15) is 0 Å². The van der Waals surface area contributed by atoms with Gasteiger partial charge >= 0.3 is 0 Å². The average molecular weight is 259 g/mol. The number of hydrogen-bond donors (Lipinski definition) is 0. The van der Waals surface area contributed by atoms with E-state index in [-0.39, 0.29) is 4.90 Å². The van der Waals surface area contributed by atoms with Gasteiger partial charge in [-0.3, -0.25) is 0 Å². The van der Waals surface area contributed by atoms with Crippen LogP contribution in [0.4, 0.5) is 0 Å². The van der Waals surface area contributed by atoms with Crippen LogP contribution in [-0.2, 0) is 14.8 Å². The molecule has 0 atom stereocenters. The molecular weight excluding hydrogens is 250 g/mol. The number of sulfonamides is 1.